The first-order valence-electron chi connectivity index (χ1n) is 19.1. The standard InChI is InChI=1S/C52H36N2OS/c1-52(2)45-17-8-6-13-41(45)42-29-27-38(31-46(42)52)54(37-25-23-35(24-26-37)40-15-10-16-44-43-14-7-9-18-48(43)55-50(40)44)39-28-30-49-47(32-39)53-51(56-49)36-21-19-34(20-22-36)33-11-4-3-5-12-33/h3-32H,1-2H3. The number of nitrogens with zero attached hydrogens (tertiary/aromatic N) is 2. The second-order valence-corrected chi connectivity index (χ2v) is 16.2. The van der Waals surface area contributed by atoms with E-state index in [0.717, 1.165) is 70.9 Å². The lowest BCUT2D eigenvalue weighted by atomic mass is 9.82. The maximum absolute atomic E-state index is 6.43. The van der Waals surface area contributed by atoms with E-state index in [9.17, 15) is 0 Å². The number of fused-ring (bicyclic) bond motifs is 7. The molecule has 266 valence electrons. The van der Waals surface area contributed by atoms with Gasteiger partial charge in [0.25, 0.3) is 0 Å². The number of aromatic nitrogens is 1. The fraction of sp³-hybridized carbons (Fsp3) is 0.0577. The minimum Gasteiger partial charge on any atom is -0.455 e. The average molecular weight is 737 g/mol. The number of rotatable bonds is 6. The first-order valence-corrected chi connectivity index (χ1v) is 19.9. The summed E-state index contributed by atoms with van der Waals surface area (Å²) in [4.78, 5) is 7.58. The lowest BCUT2D eigenvalue weighted by Crippen LogP contribution is -2.16. The Morgan fingerprint density at radius 1 is 0.482 bits per heavy atom. The minimum absolute atomic E-state index is 0.118. The Labute approximate surface area is 329 Å². The van der Waals surface area contributed by atoms with E-state index in [1.807, 2.05) is 12.1 Å². The van der Waals surface area contributed by atoms with Crippen molar-refractivity contribution in [3.05, 3.63) is 193 Å². The van der Waals surface area contributed by atoms with Crippen molar-refractivity contribution in [1.82, 2.24) is 4.98 Å². The average Bonchev–Trinajstić information content (AvgIpc) is 3.92. The monoisotopic (exact) mass is 736 g/mol. The first-order chi connectivity index (χ1) is 27.5. The molecule has 0 spiro atoms. The summed E-state index contributed by atoms with van der Waals surface area (Å²) in [5.74, 6) is 0. The summed E-state index contributed by atoms with van der Waals surface area (Å²) in [5, 5.41) is 3.29. The lowest BCUT2D eigenvalue weighted by molar-refractivity contribution is 0.660. The molecule has 2 aromatic heterocycles. The number of hydrogen-bond acceptors (Lipinski definition) is 4. The van der Waals surface area contributed by atoms with Gasteiger partial charge >= 0.3 is 0 Å². The molecule has 0 bridgehead atoms. The molecule has 11 rings (SSSR count). The fourth-order valence-electron chi connectivity index (χ4n) is 8.66. The molecule has 0 saturated carbocycles. The van der Waals surface area contributed by atoms with Gasteiger partial charge in [0.05, 0.1) is 10.2 Å². The Morgan fingerprint density at radius 2 is 1.11 bits per heavy atom. The van der Waals surface area contributed by atoms with Gasteiger partial charge in [-0.2, -0.15) is 0 Å². The molecule has 0 saturated heterocycles. The van der Waals surface area contributed by atoms with Gasteiger partial charge in [0.2, 0.25) is 0 Å². The molecule has 1 aliphatic carbocycles. The van der Waals surface area contributed by atoms with Crippen molar-refractivity contribution < 1.29 is 4.42 Å². The highest BCUT2D eigenvalue weighted by Crippen LogP contribution is 2.51. The van der Waals surface area contributed by atoms with E-state index in [1.54, 1.807) is 11.3 Å². The van der Waals surface area contributed by atoms with Crippen LogP contribution in [0.3, 0.4) is 0 Å². The van der Waals surface area contributed by atoms with Gasteiger partial charge in [-0.3, -0.25) is 0 Å². The topological polar surface area (TPSA) is 29.3 Å². The third-order valence-corrected chi connectivity index (χ3v) is 12.6. The molecule has 0 unspecified atom stereocenters. The Balaban J connectivity index is 1.01. The van der Waals surface area contributed by atoms with Crippen LogP contribution in [0.2, 0.25) is 0 Å². The molecule has 0 N–H and O–H groups in total. The number of benzene rings is 8. The highest BCUT2D eigenvalue weighted by Gasteiger charge is 2.35. The molecule has 0 fully saturated rings. The SMILES string of the molecule is CC1(C)c2ccccc2-c2ccc(N(c3ccc(-c4cccc5c4oc4ccccc45)cc3)c3ccc4sc(-c5ccc(-c6ccccc6)cc5)nc4c3)cc21. The van der Waals surface area contributed by atoms with E-state index in [-0.39, 0.29) is 5.41 Å². The third kappa shape index (κ3) is 5.21. The smallest absolute Gasteiger partial charge is 0.143 e. The van der Waals surface area contributed by atoms with Crippen molar-refractivity contribution in [2.24, 2.45) is 0 Å². The lowest BCUT2D eigenvalue weighted by Gasteiger charge is -2.28. The molecule has 2 heterocycles. The Morgan fingerprint density at radius 3 is 1.96 bits per heavy atom. The Kier molecular flexibility index (Phi) is 7.38. The molecule has 4 heteroatoms. The van der Waals surface area contributed by atoms with Crippen molar-refractivity contribution in [3.63, 3.8) is 0 Å². The van der Waals surface area contributed by atoms with Crippen molar-refractivity contribution in [1.29, 1.82) is 0 Å². The van der Waals surface area contributed by atoms with Gasteiger partial charge in [0.1, 0.15) is 16.2 Å². The van der Waals surface area contributed by atoms with Crippen molar-refractivity contribution >= 4 is 60.6 Å². The largest absolute Gasteiger partial charge is 0.455 e. The highest BCUT2D eigenvalue weighted by atomic mass is 32.1. The molecule has 8 aromatic carbocycles. The minimum atomic E-state index is -0.118. The number of thiazole rings is 1. The summed E-state index contributed by atoms with van der Waals surface area (Å²) in [6, 6.07) is 65.4. The van der Waals surface area contributed by atoms with Crippen LogP contribution in [0.1, 0.15) is 25.0 Å². The van der Waals surface area contributed by atoms with Gasteiger partial charge in [-0.15, -0.1) is 11.3 Å². The summed E-state index contributed by atoms with van der Waals surface area (Å²) in [5.41, 5.74) is 17.0. The van der Waals surface area contributed by atoms with Crippen LogP contribution in [0.25, 0.3) is 76.1 Å². The van der Waals surface area contributed by atoms with Crippen LogP contribution < -0.4 is 4.90 Å². The zero-order valence-electron chi connectivity index (χ0n) is 31.0. The fourth-order valence-corrected chi connectivity index (χ4v) is 9.61. The van der Waals surface area contributed by atoms with Crippen LogP contribution in [0, 0.1) is 0 Å². The van der Waals surface area contributed by atoms with E-state index in [4.69, 9.17) is 9.40 Å². The predicted octanol–water partition coefficient (Wildman–Crippen LogP) is 15.0. The van der Waals surface area contributed by atoms with E-state index in [0.29, 0.717) is 0 Å². The number of furan rings is 1. The van der Waals surface area contributed by atoms with Crippen LogP contribution >= 0.6 is 11.3 Å². The van der Waals surface area contributed by atoms with Crippen LogP contribution in [-0.4, -0.2) is 4.98 Å². The molecule has 0 radical (unpaired) electrons. The predicted molar refractivity (Wildman–Crippen MR) is 235 cm³/mol. The van der Waals surface area contributed by atoms with Crippen molar-refractivity contribution in [2.75, 3.05) is 4.90 Å². The Bertz CT molecular complexity index is 3100. The molecule has 0 atom stereocenters. The van der Waals surface area contributed by atoms with Crippen LogP contribution in [0.5, 0.6) is 0 Å². The summed E-state index contributed by atoms with van der Waals surface area (Å²) in [6.45, 7) is 4.68. The normalized spacial score (nSPS) is 13.0. The summed E-state index contributed by atoms with van der Waals surface area (Å²) in [6.07, 6.45) is 0. The van der Waals surface area contributed by atoms with E-state index in [1.165, 1.54) is 33.4 Å². The van der Waals surface area contributed by atoms with Crippen LogP contribution in [-0.2, 0) is 5.41 Å². The quantitative estimate of drug-likeness (QED) is 0.170. The zero-order chi connectivity index (χ0) is 37.4. The zero-order valence-corrected chi connectivity index (χ0v) is 31.8. The molecular formula is C52H36N2OS. The maximum atomic E-state index is 6.43. The molecule has 56 heavy (non-hydrogen) atoms. The van der Waals surface area contributed by atoms with Crippen LogP contribution in [0.15, 0.2) is 186 Å². The number of anilines is 3. The van der Waals surface area contributed by atoms with Crippen molar-refractivity contribution in [2.45, 2.75) is 19.3 Å². The van der Waals surface area contributed by atoms with Crippen molar-refractivity contribution in [3.8, 4) is 44.0 Å². The highest BCUT2D eigenvalue weighted by molar-refractivity contribution is 7.21. The maximum Gasteiger partial charge on any atom is 0.143 e. The van der Waals surface area contributed by atoms with Gasteiger partial charge in [-0.25, -0.2) is 4.98 Å². The second kappa shape index (κ2) is 12.7. The molecule has 3 nitrogen and oxygen atoms in total. The first kappa shape index (κ1) is 32.7. The van der Waals surface area contributed by atoms with Gasteiger partial charge in [-0.05, 0) is 87.5 Å². The molecule has 1 aliphatic rings. The van der Waals surface area contributed by atoms with Gasteiger partial charge in [0, 0.05) is 44.4 Å². The van der Waals surface area contributed by atoms with Crippen LogP contribution in [0.4, 0.5) is 17.1 Å². The van der Waals surface area contributed by atoms with Gasteiger partial charge in [-0.1, -0.05) is 147 Å². The summed E-state index contributed by atoms with van der Waals surface area (Å²) < 4.78 is 7.59. The molecule has 0 amide bonds. The summed E-state index contributed by atoms with van der Waals surface area (Å²) >= 11 is 1.74. The van der Waals surface area contributed by atoms with E-state index < -0.39 is 0 Å². The molecular weight excluding hydrogens is 701 g/mol. The third-order valence-electron chi connectivity index (χ3n) is 11.5. The molecule has 10 aromatic rings. The van der Waals surface area contributed by atoms with Gasteiger partial charge in [0.15, 0.2) is 0 Å². The van der Waals surface area contributed by atoms with E-state index >= 15 is 0 Å². The second-order valence-electron chi connectivity index (χ2n) is 15.2. The van der Waals surface area contributed by atoms with E-state index in [2.05, 4.69) is 189 Å². The Hall–Kier alpha value is -6.75. The van der Waals surface area contributed by atoms with Gasteiger partial charge < -0.3 is 9.32 Å². The number of para-hydroxylation sites is 2. The molecule has 0 aliphatic heterocycles. The number of hydrogen-bond donors (Lipinski definition) is 0. The summed E-state index contributed by atoms with van der Waals surface area (Å²) in [7, 11) is 0.